The van der Waals surface area contributed by atoms with Crippen LogP contribution < -0.4 is 10.6 Å². The topological polar surface area (TPSA) is 64.9 Å². The largest absolute Gasteiger partial charge is 0.324 e. The highest BCUT2D eigenvalue weighted by Gasteiger charge is 2.17. The van der Waals surface area contributed by atoms with Crippen molar-refractivity contribution in [3.8, 4) is 6.07 Å². The number of carbonyl (C=O) groups is 1. The molecule has 1 amide bonds. The highest BCUT2D eigenvalue weighted by Crippen LogP contribution is 2.18. The van der Waals surface area contributed by atoms with Crippen LogP contribution in [0.15, 0.2) is 48.5 Å². The summed E-state index contributed by atoms with van der Waals surface area (Å²) in [5, 5.41) is 15.7. The van der Waals surface area contributed by atoms with Gasteiger partial charge in [-0.05, 0) is 43.7 Å². The standard InChI is InChI=1S/C18H18ClN3O/c1-12(14-7-5-8-16(19)10-14)21-13(2)18(23)22-17-9-4-3-6-15(17)11-20/h3-10,12-13,21H,1-2H3,(H,22,23)/t12-,13+/m1/s1. The number of nitrogens with one attached hydrogen (secondary N) is 2. The fourth-order valence-electron chi connectivity index (χ4n) is 2.25. The number of rotatable bonds is 5. The van der Waals surface area contributed by atoms with Gasteiger partial charge in [-0.1, -0.05) is 35.9 Å². The SMILES string of the molecule is C[C@H](N[C@H](C)c1cccc(Cl)c1)C(=O)Nc1ccccc1C#N. The van der Waals surface area contributed by atoms with Crippen molar-refractivity contribution in [2.45, 2.75) is 25.9 Å². The minimum absolute atomic E-state index is 0.0272. The molecule has 4 nitrogen and oxygen atoms in total. The van der Waals surface area contributed by atoms with Crippen LogP contribution >= 0.6 is 11.6 Å². The van der Waals surface area contributed by atoms with Crippen molar-refractivity contribution in [3.05, 3.63) is 64.7 Å². The van der Waals surface area contributed by atoms with Gasteiger partial charge in [0.1, 0.15) is 6.07 Å². The van der Waals surface area contributed by atoms with Crippen molar-refractivity contribution < 1.29 is 4.79 Å². The van der Waals surface area contributed by atoms with E-state index in [2.05, 4.69) is 16.7 Å². The first kappa shape index (κ1) is 17.0. The molecular formula is C18H18ClN3O. The Morgan fingerprint density at radius 2 is 1.91 bits per heavy atom. The smallest absolute Gasteiger partial charge is 0.241 e. The van der Waals surface area contributed by atoms with Crippen LogP contribution in [-0.4, -0.2) is 11.9 Å². The van der Waals surface area contributed by atoms with E-state index in [0.29, 0.717) is 16.3 Å². The maximum atomic E-state index is 12.3. The number of amides is 1. The van der Waals surface area contributed by atoms with E-state index in [-0.39, 0.29) is 11.9 Å². The van der Waals surface area contributed by atoms with Gasteiger partial charge in [0.05, 0.1) is 17.3 Å². The van der Waals surface area contributed by atoms with Crippen molar-refractivity contribution in [1.29, 1.82) is 5.26 Å². The van der Waals surface area contributed by atoms with Gasteiger partial charge in [-0.2, -0.15) is 5.26 Å². The number of nitrogens with zero attached hydrogens (tertiary/aromatic N) is 1. The molecule has 0 aromatic heterocycles. The van der Waals surface area contributed by atoms with Crippen LogP contribution in [0.5, 0.6) is 0 Å². The highest BCUT2D eigenvalue weighted by molar-refractivity contribution is 6.30. The van der Waals surface area contributed by atoms with Crippen molar-refractivity contribution >= 4 is 23.2 Å². The van der Waals surface area contributed by atoms with Crippen molar-refractivity contribution in [2.24, 2.45) is 0 Å². The van der Waals surface area contributed by atoms with Crippen molar-refractivity contribution in [2.75, 3.05) is 5.32 Å². The van der Waals surface area contributed by atoms with Gasteiger partial charge in [-0.3, -0.25) is 10.1 Å². The maximum absolute atomic E-state index is 12.3. The molecule has 0 heterocycles. The number of anilines is 1. The molecule has 118 valence electrons. The van der Waals surface area contributed by atoms with Crippen LogP contribution in [-0.2, 0) is 4.79 Å². The minimum Gasteiger partial charge on any atom is -0.324 e. The van der Waals surface area contributed by atoms with E-state index in [9.17, 15) is 4.79 Å². The maximum Gasteiger partial charge on any atom is 0.241 e. The summed E-state index contributed by atoms with van der Waals surface area (Å²) < 4.78 is 0. The predicted molar refractivity (Wildman–Crippen MR) is 92.3 cm³/mol. The monoisotopic (exact) mass is 327 g/mol. The summed E-state index contributed by atoms with van der Waals surface area (Å²) in [6.45, 7) is 3.75. The van der Waals surface area contributed by atoms with E-state index in [1.807, 2.05) is 31.2 Å². The number of hydrogen-bond donors (Lipinski definition) is 2. The molecule has 0 aliphatic heterocycles. The normalized spacial score (nSPS) is 13.0. The molecule has 2 aromatic carbocycles. The molecule has 2 atom stereocenters. The minimum atomic E-state index is -0.421. The summed E-state index contributed by atoms with van der Waals surface area (Å²) in [6.07, 6.45) is 0. The zero-order valence-electron chi connectivity index (χ0n) is 13.0. The van der Waals surface area contributed by atoms with Gasteiger partial charge in [0, 0.05) is 11.1 Å². The first-order chi connectivity index (χ1) is 11.0. The van der Waals surface area contributed by atoms with Gasteiger partial charge in [0.15, 0.2) is 0 Å². The number of hydrogen-bond acceptors (Lipinski definition) is 3. The van der Waals surface area contributed by atoms with Crippen LogP contribution in [0.4, 0.5) is 5.69 Å². The van der Waals surface area contributed by atoms with E-state index < -0.39 is 6.04 Å². The van der Waals surface area contributed by atoms with Crippen LogP contribution in [0.1, 0.15) is 31.0 Å². The Morgan fingerprint density at radius 1 is 1.17 bits per heavy atom. The first-order valence-corrected chi connectivity index (χ1v) is 7.70. The second-order valence-corrected chi connectivity index (χ2v) is 5.75. The lowest BCUT2D eigenvalue weighted by molar-refractivity contribution is -0.117. The van der Waals surface area contributed by atoms with Crippen molar-refractivity contribution in [1.82, 2.24) is 5.32 Å². The summed E-state index contributed by atoms with van der Waals surface area (Å²) >= 11 is 5.99. The molecule has 0 fully saturated rings. The van der Waals surface area contributed by atoms with E-state index in [4.69, 9.17) is 16.9 Å². The lowest BCUT2D eigenvalue weighted by atomic mass is 10.1. The average Bonchev–Trinajstić information content (AvgIpc) is 2.55. The first-order valence-electron chi connectivity index (χ1n) is 7.32. The molecular weight excluding hydrogens is 310 g/mol. The fourth-order valence-corrected chi connectivity index (χ4v) is 2.45. The third kappa shape index (κ3) is 4.56. The van der Waals surface area contributed by atoms with Gasteiger partial charge in [0.25, 0.3) is 0 Å². The Labute approximate surface area is 141 Å². The van der Waals surface area contributed by atoms with E-state index in [0.717, 1.165) is 5.56 Å². The van der Waals surface area contributed by atoms with Gasteiger partial charge in [-0.15, -0.1) is 0 Å². The molecule has 0 unspecified atom stereocenters. The molecule has 0 aliphatic carbocycles. The lowest BCUT2D eigenvalue weighted by Crippen LogP contribution is -2.39. The second-order valence-electron chi connectivity index (χ2n) is 5.31. The number of para-hydroxylation sites is 1. The fraction of sp³-hybridized carbons (Fsp3) is 0.222. The number of halogens is 1. The van der Waals surface area contributed by atoms with Crippen LogP contribution in [0.25, 0.3) is 0 Å². The van der Waals surface area contributed by atoms with Gasteiger partial charge < -0.3 is 5.32 Å². The Morgan fingerprint density at radius 3 is 2.61 bits per heavy atom. The number of benzene rings is 2. The summed E-state index contributed by atoms with van der Waals surface area (Å²) in [5.41, 5.74) is 1.97. The quantitative estimate of drug-likeness (QED) is 0.875. The Kier molecular flexibility index (Phi) is 5.75. The van der Waals surface area contributed by atoms with Gasteiger partial charge in [0.2, 0.25) is 5.91 Å². The average molecular weight is 328 g/mol. The van der Waals surface area contributed by atoms with E-state index in [1.54, 1.807) is 31.2 Å². The summed E-state index contributed by atoms with van der Waals surface area (Å²) in [6, 6.07) is 16.1. The number of nitriles is 1. The molecule has 0 aliphatic rings. The van der Waals surface area contributed by atoms with Crippen molar-refractivity contribution in [3.63, 3.8) is 0 Å². The molecule has 2 N–H and O–H groups in total. The summed E-state index contributed by atoms with van der Waals surface area (Å²) in [5.74, 6) is -0.193. The highest BCUT2D eigenvalue weighted by atomic mass is 35.5. The van der Waals surface area contributed by atoms with E-state index in [1.165, 1.54) is 0 Å². The molecule has 0 saturated carbocycles. The van der Waals surface area contributed by atoms with Crippen LogP contribution in [0, 0.1) is 11.3 Å². The molecule has 23 heavy (non-hydrogen) atoms. The second kappa shape index (κ2) is 7.77. The Hall–Kier alpha value is -2.35. The third-order valence-corrected chi connectivity index (χ3v) is 3.78. The third-order valence-electron chi connectivity index (χ3n) is 3.55. The molecule has 2 rings (SSSR count). The number of carbonyl (C=O) groups excluding carboxylic acids is 1. The predicted octanol–water partition coefficient (Wildman–Crippen LogP) is 3.89. The van der Waals surface area contributed by atoms with Gasteiger partial charge in [-0.25, -0.2) is 0 Å². The van der Waals surface area contributed by atoms with E-state index >= 15 is 0 Å². The lowest BCUT2D eigenvalue weighted by Gasteiger charge is -2.20. The zero-order chi connectivity index (χ0) is 16.8. The molecule has 0 saturated heterocycles. The molecule has 0 radical (unpaired) electrons. The zero-order valence-corrected chi connectivity index (χ0v) is 13.8. The van der Waals surface area contributed by atoms with Crippen LogP contribution in [0.2, 0.25) is 5.02 Å². The molecule has 0 spiro atoms. The summed E-state index contributed by atoms with van der Waals surface area (Å²) in [7, 11) is 0. The molecule has 0 bridgehead atoms. The van der Waals surface area contributed by atoms with Crippen LogP contribution in [0.3, 0.4) is 0 Å². The Bertz CT molecular complexity index is 739. The van der Waals surface area contributed by atoms with Gasteiger partial charge >= 0.3 is 0 Å². The molecule has 2 aromatic rings. The Balaban J connectivity index is 2.01. The molecule has 5 heteroatoms. The summed E-state index contributed by atoms with van der Waals surface area (Å²) in [4.78, 5) is 12.3.